The van der Waals surface area contributed by atoms with Gasteiger partial charge in [-0.15, -0.1) is 0 Å². The van der Waals surface area contributed by atoms with Crippen LogP contribution >= 0.6 is 0 Å². The number of fused-ring (bicyclic) bond motifs is 1. The first-order valence-corrected chi connectivity index (χ1v) is 10.8. The van der Waals surface area contributed by atoms with Crippen molar-refractivity contribution in [3.8, 4) is 0 Å². The molecular formula is C23H27N3O3. The molecule has 6 heteroatoms. The highest BCUT2D eigenvalue weighted by Gasteiger charge is 2.33. The van der Waals surface area contributed by atoms with Crippen molar-refractivity contribution >= 4 is 23.0 Å². The van der Waals surface area contributed by atoms with Crippen LogP contribution in [-0.2, 0) is 11.2 Å². The number of carbonyl (C=O) groups excluding carboxylic acids is 1. The Bertz CT molecular complexity index is 995. The van der Waals surface area contributed by atoms with E-state index in [0.717, 1.165) is 57.2 Å². The minimum atomic E-state index is -0.401. The van der Waals surface area contributed by atoms with Gasteiger partial charge >= 0.3 is 0 Å². The summed E-state index contributed by atoms with van der Waals surface area (Å²) in [7, 11) is 0. The summed E-state index contributed by atoms with van der Waals surface area (Å²) < 4.78 is 0. The lowest BCUT2D eigenvalue weighted by Gasteiger charge is -2.29. The highest BCUT2D eigenvalue weighted by atomic mass is 16.2. The number of carbonyl (C=O) groups is 1. The van der Waals surface area contributed by atoms with Crippen molar-refractivity contribution in [2.24, 2.45) is 11.8 Å². The van der Waals surface area contributed by atoms with E-state index in [1.807, 2.05) is 23.1 Å². The number of para-hydroxylation sites is 1. The molecule has 2 aromatic carbocycles. The first kappa shape index (κ1) is 18.4. The molecule has 2 N–H and O–H groups in total. The zero-order chi connectivity index (χ0) is 20.0. The topological polar surface area (TPSA) is 78.5 Å². The molecule has 1 heterocycles. The monoisotopic (exact) mass is 393 g/mol. The maximum Gasteiger partial charge on any atom is 0.253 e. The van der Waals surface area contributed by atoms with Crippen molar-refractivity contribution in [2.45, 2.75) is 51.0 Å². The molecular weight excluding hydrogens is 366 g/mol. The lowest BCUT2D eigenvalue weighted by Crippen LogP contribution is -2.41. The Morgan fingerprint density at radius 3 is 2.52 bits per heavy atom. The van der Waals surface area contributed by atoms with Crippen molar-refractivity contribution in [2.75, 3.05) is 23.3 Å². The normalized spacial score (nSPS) is 23.8. The third-order valence-corrected chi connectivity index (χ3v) is 6.75. The van der Waals surface area contributed by atoms with Gasteiger partial charge in [0.1, 0.15) is 11.4 Å². The fraction of sp³-hybridized carbons (Fsp3) is 0.522. The lowest BCUT2D eigenvalue weighted by molar-refractivity contribution is -0.126. The standard InChI is InChI=1S/C23H27N3O3/c27-21-19(20(22(21)28)26-12-11-15-3-1-2-4-18(15)26)24-13-14-5-7-16(8-6-14)23(29)25-17-9-10-17/h1-4,14,16-17,24H,5-13H2,(H,25,29). The first-order chi connectivity index (χ1) is 14.1. The summed E-state index contributed by atoms with van der Waals surface area (Å²) in [6, 6.07) is 8.48. The van der Waals surface area contributed by atoms with Crippen molar-refractivity contribution in [3.05, 3.63) is 50.3 Å². The summed E-state index contributed by atoms with van der Waals surface area (Å²) >= 11 is 0. The number of nitrogens with zero attached hydrogens (tertiary/aromatic N) is 1. The molecule has 2 fully saturated rings. The number of hydrogen-bond donors (Lipinski definition) is 2. The van der Waals surface area contributed by atoms with Crippen LogP contribution in [0.1, 0.15) is 44.1 Å². The third-order valence-electron chi connectivity index (χ3n) is 6.75. The van der Waals surface area contributed by atoms with Crippen molar-refractivity contribution in [1.29, 1.82) is 0 Å². The highest BCUT2D eigenvalue weighted by Crippen LogP contribution is 2.36. The molecule has 3 aliphatic rings. The van der Waals surface area contributed by atoms with E-state index in [1.165, 1.54) is 5.56 Å². The van der Waals surface area contributed by atoms with Gasteiger partial charge in [0.15, 0.2) is 0 Å². The van der Waals surface area contributed by atoms with E-state index in [0.29, 0.717) is 29.9 Å². The molecule has 2 aromatic rings. The van der Waals surface area contributed by atoms with Gasteiger partial charge < -0.3 is 15.5 Å². The summed E-state index contributed by atoms with van der Waals surface area (Å²) in [5.74, 6) is 0.786. The number of rotatable bonds is 6. The molecule has 0 unspecified atom stereocenters. The molecule has 1 aliphatic heterocycles. The third kappa shape index (κ3) is 3.45. The van der Waals surface area contributed by atoms with Crippen LogP contribution in [0.15, 0.2) is 33.9 Å². The largest absolute Gasteiger partial charge is 0.380 e. The number of nitrogens with one attached hydrogen (secondary N) is 2. The van der Waals surface area contributed by atoms with Gasteiger partial charge in [-0.2, -0.15) is 0 Å². The molecule has 29 heavy (non-hydrogen) atoms. The highest BCUT2D eigenvalue weighted by molar-refractivity contribution is 5.83. The summed E-state index contributed by atoms with van der Waals surface area (Å²) in [4.78, 5) is 38.7. The number of amides is 1. The van der Waals surface area contributed by atoms with E-state index in [9.17, 15) is 14.4 Å². The van der Waals surface area contributed by atoms with Crippen molar-refractivity contribution in [3.63, 3.8) is 0 Å². The Hall–Kier alpha value is -2.63. The van der Waals surface area contributed by atoms with Crippen LogP contribution in [-0.4, -0.2) is 25.0 Å². The van der Waals surface area contributed by atoms with Gasteiger partial charge in [-0.05, 0) is 62.5 Å². The lowest BCUT2D eigenvalue weighted by atomic mass is 9.81. The number of anilines is 3. The van der Waals surface area contributed by atoms with Crippen LogP contribution in [0.3, 0.4) is 0 Å². The SMILES string of the molecule is O=C(NC1CC1)C1CCC(CNc2c(N3CCc4ccccc43)c(=O)c2=O)CC1. The van der Waals surface area contributed by atoms with Gasteiger partial charge in [0, 0.05) is 30.7 Å². The molecule has 0 saturated heterocycles. The zero-order valence-electron chi connectivity index (χ0n) is 16.6. The molecule has 2 aliphatic carbocycles. The quantitative estimate of drug-likeness (QED) is 0.737. The maximum absolute atomic E-state index is 12.3. The molecule has 6 nitrogen and oxygen atoms in total. The Labute approximate surface area is 170 Å². The minimum Gasteiger partial charge on any atom is -0.380 e. The number of hydrogen-bond acceptors (Lipinski definition) is 5. The summed E-state index contributed by atoms with van der Waals surface area (Å²) in [6.07, 6.45) is 6.90. The molecule has 152 valence electrons. The van der Waals surface area contributed by atoms with Crippen LogP contribution in [0.4, 0.5) is 17.1 Å². The number of benzene rings is 1. The molecule has 0 spiro atoms. The molecule has 2 saturated carbocycles. The molecule has 1 amide bonds. The Morgan fingerprint density at radius 1 is 1.00 bits per heavy atom. The van der Waals surface area contributed by atoms with Gasteiger partial charge in [-0.25, -0.2) is 0 Å². The van der Waals surface area contributed by atoms with Crippen LogP contribution in [0.5, 0.6) is 0 Å². The maximum atomic E-state index is 12.3. The Morgan fingerprint density at radius 2 is 1.76 bits per heavy atom. The average molecular weight is 393 g/mol. The molecule has 0 aromatic heterocycles. The van der Waals surface area contributed by atoms with Crippen LogP contribution in [0.25, 0.3) is 0 Å². The summed E-state index contributed by atoms with van der Waals surface area (Å²) in [5.41, 5.74) is 2.46. The fourth-order valence-electron chi connectivity index (χ4n) is 4.79. The Balaban J connectivity index is 1.20. The van der Waals surface area contributed by atoms with E-state index < -0.39 is 5.43 Å². The van der Waals surface area contributed by atoms with Crippen LogP contribution in [0, 0.1) is 11.8 Å². The van der Waals surface area contributed by atoms with Crippen LogP contribution in [0.2, 0.25) is 0 Å². The molecule has 0 atom stereocenters. The zero-order valence-corrected chi connectivity index (χ0v) is 16.6. The van der Waals surface area contributed by atoms with E-state index in [4.69, 9.17) is 0 Å². The molecule has 0 bridgehead atoms. The van der Waals surface area contributed by atoms with Crippen LogP contribution < -0.4 is 26.4 Å². The second kappa shape index (κ2) is 7.32. The fourth-order valence-corrected chi connectivity index (χ4v) is 4.79. The van der Waals surface area contributed by atoms with E-state index in [-0.39, 0.29) is 17.3 Å². The van der Waals surface area contributed by atoms with Gasteiger partial charge in [0.25, 0.3) is 10.9 Å². The predicted molar refractivity (Wildman–Crippen MR) is 114 cm³/mol. The van der Waals surface area contributed by atoms with Gasteiger partial charge in [-0.3, -0.25) is 14.4 Å². The summed E-state index contributed by atoms with van der Waals surface area (Å²) in [6.45, 7) is 1.42. The van der Waals surface area contributed by atoms with E-state index >= 15 is 0 Å². The second-order valence-corrected chi connectivity index (χ2v) is 8.79. The molecule has 0 radical (unpaired) electrons. The van der Waals surface area contributed by atoms with Crippen molar-refractivity contribution in [1.82, 2.24) is 5.32 Å². The molecule has 5 rings (SSSR count). The van der Waals surface area contributed by atoms with Gasteiger partial charge in [0.2, 0.25) is 5.91 Å². The summed E-state index contributed by atoms with van der Waals surface area (Å²) in [5, 5.41) is 6.39. The van der Waals surface area contributed by atoms with E-state index in [1.54, 1.807) is 0 Å². The van der Waals surface area contributed by atoms with Crippen molar-refractivity contribution < 1.29 is 4.79 Å². The second-order valence-electron chi connectivity index (χ2n) is 8.79. The Kier molecular flexibility index (Phi) is 4.64. The average Bonchev–Trinajstić information content (AvgIpc) is 3.47. The van der Waals surface area contributed by atoms with Gasteiger partial charge in [-0.1, -0.05) is 18.2 Å². The smallest absolute Gasteiger partial charge is 0.253 e. The van der Waals surface area contributed by atoms with E-state index in [2.05, 4.69) is 16.7 Å². The predicted octanol–water partition coefficient (Wildman–Crippen LogP) is 2.47. The first-order valence-electron chi connectivity index (χ1n) is 10.8. The van der Waals surface area contributed by atoms with Gasteiger partial charge in [0.05, 0.1) is 0 Å². The minimum absolute atomic E-state index is 0.134.